The van der Waals surface area contributed by atoms with Gasteiger partial charge in [-0.25, -0.2) is 8.42 Å². The third-order valence-electron chi connectivity index (χ3n) is 2.33. The number of hydrogen-bond acceptors (Lipinski definition) is 4. The molecule has 0 radical (unpaired) electrons. The SMILES string of the molecule is CCCS(=O)(=O)CCSc1ccc(C)cc1N. The average Bonchev–Trinajstić information content (AvgIpc) is 2.21. The molecular formula is C12H19NO2S2. The first-order valence-electron chi connectivity index (χ1n) is 5.64. The lowest BCUT2D eigenvalue weighted by molar-refractivity contribution is 0.596. The van der Waals surface area contributed by atoms with Gasteiger partial charge in [-0.2, -0.15) is 0 Å². The Bertz CT molecular complexity index is 469. The number of nitrogens with two attached hydrogens (primary N) is 1. The fourth-order valence-corrected chi connectivity index (χ4v) is 4.28. The fraction of sp³-hybridized carbons (Fsp3) is 0.500. The minimum Gasteiger partial charge on any atom is -0.398 e. The number of sulfone groups is 1. The lowest BCUT2D eigenvalue weighted by atomic mass is 10.2. The molecule has 3 nitrogen and oxygen atoms in total. The van der Waals surface area contributed by atoms with E-state index in [1.165, 1.54) is 11.8 Å². The van der Waals surface area contributed by atoms with Gasteiger partial charge in [0, 0.05) is 22.1 Å². The Labute approximate surface area is 108 Å². The van der Waals surface area contributed by atoms with Crippen molar-refractivity contribution in [1.82, 2.24) is 0 Å². The summed E-state index contributed by atoms with van der Waals surface area (Å²) in [5.41, 5.74) is 7.70. The van der Waals surface area contributed by atoms with Crippen molar-refractivity contribution < 1.29 is 8.42 Å². The monoisotopic (exact) mass is 273 g/mol. The molecule has 0 amide bonds. The van der Waals surface area contributed by atoms with Gasteiger partial charge in [0.15, 0.2) is 9.84 Å². The van der Waals surface area contributed by atoms with Crippen LogP contribution in [-0.2, 0) is 9.84 Å². The first-order chi connectivity index (χ1) is 7.94. The molecule has 0 heterocycles. The molecule has 0 aliphatic rings. The van der Waals surface area contributed by atoms with Crippen LogP contribution in [0, 0.1) is 6.92 Å². The maximum absolute atomic E-state index is 11.5. The summed E-state index contributed by atoms with van der Waals surface area (Å²) >= 11 is 1.50. The highest BCUT2D eigenvalue weighted by molar-refractivity contribution is 8.00. The van der Waals surface area contributed by atoms with Crippen molar-refractivity contribution in [3.63, 3.8) is 0 Å². The van der Waals surface area contributed by atoms with E-state index < -0.39 is 9.84 Å². The van der Waals surface area contributed by atoms with Crippen molar-refractivity contribution in [3.8, 4) is 0 Å². The smallest absolute Gasteiger partial charge is 0.151 e. The molecule has 0 unspecified atom stereocenters. The minimum absolute atomic E-state index is 0.221. The van der Waals surface area contributed by atoms with Crippen LogP contribution < -0.4 is 5.73 Å². The minimum atomic E-state index is -2.88. The average molecular weight is 273 g/mol. The van der Waals surface area contributed by atoms with E-state index in [0.717, 1.165) is 16.1 Å². The highest BCUT2D eigenvalue weighted by atomic mass is 32.2. The predicted molar refractivity (Wildman–Crippen MR) is 75.3 cm³/mol. The Kier molecular flexibility index (Phi) is 5.33. The van der Waals surface area contributed by atoms with Crippen LogP contribution in [0.4, 0.5) is 5.69 Å². The second kappa shape index (κ2) is 6.31. The summed E-state index contributed by atoms with van der Waals surface area (Å²) in [4.78, 5) is 0.960. The van der Waals surface area contributed by atoms with E-state index in [1.807, 2.05) is 32.0 Å². The zero-order chi connectivity index (χ0) is 12.9. The summed E-state index contributed by atoms with van der Waals surface area (Å²) in [5.74, 6) is 1.06. The van der Waals surface area contributed by atoms with Crippen LogP contribution in [0.3, 0.4) is 0 Å². The Morgan fingerprint density at radius 2 is 2.00 bits per heavy atom. The number of benzene rings is 1. The third-order valence-corrected chi connectivity index (χ3v) is 5.54. The van der Waals surface area contributed by atoms with Crippen LogP contribution in [-0.4, -0.2) is 25.7 Å². The molecule has 1 rings (SSSR count). The van der Waals surface area contributed by atoms with Crippen molar-refractivity contribution in [3.05, 3.63) is 23.8 Å². The normalized spacial score (nSPS) is 11.6. The van der Waals surface area contributed by atoms with Gasteiger partial charge in [-0.05, 0) is 31.0 Å². The van der Waals surface area contributed by atoms with Crippen LogP contribution in [0.5, 0.6) is 0 Å². The standard InChI is InChI=1S/C12H19NO2S2/c1-3-7-17(14,15)8-6-16-12-5-4-10(2)9-11(12)13/h4-5,9H,3,6-8,13H2,1-2H3. The van der Waals surface area contributed by atoms with Crippen LogP contribution in [0.25, 0.3) is 0 Å². The highest BCUT2D eigenvalue weighted by Gasteiger charge is 2.09. The van der Waals surface area contributed by atoms with Crippen LogP contribution in [0.1, 0.15) is 18.9 Å². The molecular weight excluding hydrogens is 254 g/mol. The van der Waals surface area contributed by atoms with E-state index in [-0.39, 0.29) is 11.5 Å². The lowest BCUT2D eigenvalue weighted by Gasteiger charge is -2.06. The van der Waals surface area contributed by atoms with Gasteiger partial charge in [0.2, 0.25) is 0 Å². The molecule has 1 aromatic rings. The van der Waals surface area contributed by atoms with Gasteiger partial charge in [-0.1, -0.05) is 13.0 Å². The zero-order valence-electron chi connectivity index (χ0n) is 10.3. The Balaban J connectivity index is 2.51. The van der Waals surface area contributed by atoms with Gasteiger partial charge in [-0.15, -0.1) is 11.8 Å². The summed E-state index contributed by atoms with van der Waals surface area (Å²) in [6.07, 6.45) is 0.680. The quantitative estimate of drug-likeness (QED) is 0.639. The summed E-state index contributed by atoms with van der Waals surface area (Å²) < 4.78 is 23.0. The largest absolute Gasteiger partial charge is 0.398 e. The Morgan fingerprint density at radius 3 is 2.59 bits per heavy atom. The number of hydrogen-bond donors (Lipinski definition) is 1. The van der Waals surface area contributed by atoms with E-state index in [2.05, 4.69) is 0 Å². The molecule has 17 heavy (non-hydrogen) atoms. The van der Waals surface area contributed by atoms with Crippen molar-refractivity contribution >= 4 is 27.3 Å². The Hall–Kier alpha value is -0.680. The number of rotatable bonds is 6. The topological polar surface area (TPSA) is 60.2 Å². The molecule has 0 bridgehead atoms. The second-order valence-corrected chi connectivity index (χ2v) is 7.48. The first kappa shape index (κ1) is 14.4. The molecule has 96 valence electrons. The Morgan fingerprint density at radius 1 is 1.29 bits per heavy atom. The van der Waals surface area contributed by atoms with Gasteiger partial charge in [0.25, 0.3) is 0 Å². The van der Waals surface area contributed by atoms with Crippen LogP contribution >= 0.6 is 11.8 Å². The van der Waals surface area contributed by atoms with Gasteiger partial charge in [-0.3, -0.25) is 0 Å². The summed E-state index contributed by atoms with van der Waals surface area (Å²) in [6.45, 7) is 3.86. The fourth-order valence-electron chi connectivity index (χ4n) is 1.49. The van der Waals surface area contributed by atoms with Crippen molar-refractivity contribution in [1.29, 1.82) is 0 Å². The molecule has 0 saturated carbocycles. The first-order valence-corrected chi connectivity index (χ1v) is 8.44. The van der Waals surface area contributed by atoms with E-state index in [1.54, 1.807) is 0 Å². The van der Waals surface area contributed by atoms with Crippen LogP contribution in [0.2, 0.25) is 0 Å². The maximum Gasteiger partial charge on any atom is 0.151 e. The summed E-state index contributed by atoms with van der Waals surface area (Å²) in [7, 11) is -2.88. The van der Waals surface area contributed by atoms with Crippen molar-refractivity contribution in [2.45, 2.75) is 25.2 Å². The summed E-state index contributed by atoms with van der Waals surface area (Å²) in [6, 6.07) is 5.84. The maximum atomic E-state index is 11.5. The van der Waals surface area contributed by atoms with E-state index in [9.17, 15) is 8.42 Å². The molecule has 5 heteroatoms. The number of anilines is 1. The highest BCUT2D eigenvalue weighted by Crippen LogP contribution is 2.25. The number of thioether (sulfide) groups is 1. The third kappa shape index (κ3) is 5.00. The van der Waals surface area contributed by atoms with Crippen LogP contribution in [0.15, 0.2) is 23.1 Å². The van der Waals surface area contributed by atoms with Gasteiger partial charge < -0.3 is 5.73 Å². The molecule has 1 aromatic carbocycles. The summed E-state index contributed by atoms with van der Waals surface area (Å²) in [5, 5.41) is 0. The van der Waals surface area contributed by atoms with E-state index in [4.69, 9.17) is 5.73 Å². The second-order valence-electron chi connectivity index (χ2n) is 4.04. The zero-order valence-corrected chi connectivity index (χ0v) is 11.9. The molecule has 0 aliphatic heterocycles. The van der Waals surface area contributed by atoms with E-state index in [0.29, 0.717) is 12.2 Å². The van der Waals surface area contributed by atoms with Gasteiger partial charge in [0.1, 0.15) is 0 Å². The predicted octanol–water partition coefficient (Wildman–Crippen LogP) is 2.49. The van der Waals surface area contributed by atoms with Gasteiger partial charge in [0.05, 0.1) is 5.75 Å². The van der Waals surface area contributed by atoms with Crippen molar-refractivity contribution in [2.24, 2.45) is 0 Å². The number of nitrogen functional groups attached to an aromatic ring is 1. The molecule has 2 N–H and O–H groups in total. The number of aryl methyl sites for hydroxylation is 1. The van der Waals surface area contributed by atoms with Crippen molar-refractivity contribution in [2.75, 3.05) is 23.0 Å². The molecule has 0 aliphatic carbocycles. The van der Waals surface area contributed by atoms with Gasteiger partial charge >= 0.3 is 0 Å². The lowest BCUT2D eigenvalue weighted by Crippen LogP contribution is -2.12. The van der Waals surface area contributed by atoms with E-state index >= 15 is 0 Å². The molecule has 0 atom stereocenters. The molecule has 0 fully saturated rings. The molecule has 0 aromatic heterocycles. The molecule has 0 saturated heterocycles. The molecule has 0 spiro atoms.